The number of amides is 1. The summed E-state index contributed by atoms with van der Waals surface area (Å²) >= 11 is 2.20. The van der Waals surface area contributed by atoms with E-state index in [1.807, 2.05) is 18.2 Å². The van der Waals surface area contributed by atoms with Gasteiger partial charge >= 0.3 is 0 Å². The molecule has 1 aromatic heterocycles. The van der Waals surface area contributed by atoms with Crippen molar-refractivity contribution in [2.75, 3.05) is 0 Å². The predicted molar refractivity (Wildman–Crippen MR) is 57.4 cm³/mol. The van der Waals surface area contributed by atoms with E-state index in [1.54, 1.807) is 6.07 Å². The lowest BCUT2D eigenvalue weighted by molar-refractivity contribution is 0.0976. The van der Waals surface area contributed by atoms with Crippen molar-refractivity contribution in [3.8, 4) is 0 Å². The van der Waals surface area contributed by atoms with Crippen molar-refractivity contribution in [3.63, 3.8) is 0 Å². The van der Waals surface area contributed by atoms with E-state index in [0.29, 0.717) is 5.58 Å². The van der Waals surface area contributed by atoms with E-state index < -0.39 is 5.91 Å². The first-order valence-corrected chi connectivity index (χ1v) is 4.73. The molecular formula is C9H6INO2. The Morgan fingerprint density at radius 2 is 2.15 bits per heavy atom. The highest BCUT2D eigenvalue weighted by atomic mass is 127. The molecule has 2 rings (SSSR count). The molecule has 0 unspecified atom stereocenters. The summed E-state index contributed by atoms with van der Waals surface area (Å²) in [7, 11) is 0. The first-order chi connectivity index (χ1) is 6.16. The zero-order valence-electron chi connectivity index (χ0n) is 6.58. The molecule has 0 saturated heterocycles. The number of carbonyl (C=O) groups excluding carboxylic acids is 1. The minimum atomic E-state index is -0.536. The van der Waals surface area contributed by atoms with E-state index in [4.69, 9.17) is 10.2 Å². The van der Waals surface area contributed by atoms with Gasteiger partial charge in [-0.05, 0) is 46.9 Å². The zero-order chi connectivity index (χ0) is 9.42. The average molecular weight is 287 g/mol. The number of halogens is 1. The van der Waals surface area contributed by atoms with Crippen LogP contribution in [0.4, 0.5) is 0 Å². The summed E-state index contributed by atoms with van der Waals surface area (Å²) in [5, 5.41) is 0.903. The highest BCUT2D eigenvalue weighted by Gasteiger charge is 2.07. The molecule has 0 fully saturated rings. The Balaban J connectivity index is 2.68. The first-order valence-electron chi connectivity index (χ1n) is 3.66. The van der Waals surface area contributed by atoms with Crippen LogP contribution in [0.5, 0.6) is 0 Å². The van der Waals surface area contributed by atoms with Crippen LogP contribution < -0.4 is 5.73 Å². The molecule has 0 spiro atoms. The number of hydrogen-bond acceptors (Lipinski definition) is 2. The summed E-state index contributed by atoms with van der Waals surface area (Å²) in [4.78, 5) is 10.8. The molecule has 2 aromatic rings. The molecule has 2 N–H and O–H groups in total. The molecule has 1 aromatic carbocycles. The van der Waals surface area contributed by atoms with Gasteiger partial charge in [-0.25, -0.2) is 0 Å². The van der Waals surface area contributed by atoms with Gasteiger partial charge in [-0.3, -0.25) is 4.79 Å². The van der Waals surface area contributed by atoms with Crippen molar-refractivity contribution in [1.29, 1.82) is 0 Å². The average Bonchev–Trinajstić information content (AvgIpc) is 2.46. The van der Waals surface area contributed by atoms with E-state index in [9.17, 15) is 4.79 Å². The van der Waals surface area contributed by atoms with Crippen LogP contribution in [0.25, 0.3) is 11.0 Å². The van der Waals surface area contributed by atoms with Crippen molar-refractivity contribution in [3.05, 3.63) is 33.6 Å². The Morgan fingerprint density at radius 3 is 2.85 bits per heavy atom. The van der Waals surface area contributed by atoms with Crippen LogP contribution in [0.2, 0.25) is 0 Å². The molecule has 0 aliphatic carbocycles. The second kappa shape index (κ2) is 3.02. The van der Waals surface area contributed by atoms with Gasteiger partial charge in [0.15, 0.2) is 5.76 Å². The molecule has 1 heterocycles. The maximum Gasteiger partial charge on any atom is 0.284 e. The molecule has 0 bridgehead atoms. The van der Waals surface area contributed by atoms with E-state index in [-0.39, 0.29) is 5.76 Å². The molecule has 0 atom stereocenters. The van der Waals surface area contributed by atoms with Crippen LogP contribution in [0.15, 0.2) is 28.7 Å². The lowest BCUT2D eigenvalue weighted by atomic mass is 10.2. The van der Waals surface area contributed by atoms with Gasteiger partial charge in [0.2, 0.25) is 0 Å². The number of rotatable bonds is 1. The Kier molecular flexibility index (Phi) is 1.99. The number of primary amides is 1. The molecule has 13 heavy (non-hydrogen) atoms. The van der Waals surface area contributed by atoms with Crippen LogP contribution in [0.1, 0.15) is 10.6 Å². The fourth-order valence-corrected chi connectivity index (χ4v) is 1.65. The topological polar surface area (TPSA) is 56.2 Å². The summed E-state index contributed by atoms with van der Waals surface area (Å²) in [5.74, 6) is -0.330. The lowest BCUT2D eigenvalue weighted by Crippen LogP contribution is -2.08. The number of carbonyl (C=O) groups is 1. The predicted octanol–water partition coefficient (Wildman–Crippen LogP) is 2.14. The third kappa shape index (κ3) is 1.53. The second-order valence-electron chi connectivity index (χ2n) is 2.66. The summed E-state index contributed by atoms with van der Waals surface area (Å²) in [6.45, 7) is 0. The van der Waals surface area contributed by atoms with Gasteiger partial charge in [0, 0.05) is 8.96 Å². The molecule has 66 valence electrons. The molecule has 4 heteroatoms. The third-order valence-electron chi connectivity index (χ3n) is 1.72. The standard InChI is InChI=1S/C9H6INO2/c10-6-1-2-7-5(3-6)4-8(13-7)9(11)12/h1-4H,(H2,11,12). The SMILES string of the molecule is NC(=O)c1cc2cc(I)ccc2o1. The minimum absolute atomic E-state index is 0.206. The largest absolute Gasteiger partial charge is 0.451 e. The van der Waals surface area contributed by atoms with Crippen molar-refractivity contribution in [2.45, 2.75) is 0 Å². The molecule has 0 aliphatic rings. The van der Waals surface area contributed by atoms with E-state index >= 15 is 0 Å². The smallest absolute Gasteiger partial charge is 0.284 e. The first kappa shape index (κ1) is 8.55. The summed E-state index contributed by atoms with van der Waals surface area (Å²) in [6.07, 6.45) is 0. The van der Waals surface area contributed by atoms with Gasteiger partial charge < -0.3 is 10.2 Å². The normalized spacial score (nSPS) is 10.5. The number of furan rings is 1. The van der Waals surface area contributed by atoms with E-state index in [0.717, 1.165) is 8.96 Å². The van der Waals surface area contributed by atoms with E-state index in [2.05, 4.69) is 22.6 Å². The number of hydrogen-bond donors (Lipinski definition) is 1. The summed E-state index contributed by atoms with van der Waals surface area (Å²) in [5.41, 5.74) is 5.77. The van der Waals surface area contributed by atoms with Gasteiger partial charge in [0.05, 0.1) is 0 Å². The number of nitrogens with two attached hydrogens (primary N) is 1. The van der Waals surface area contributed by atoms with Gasteiger partial charge in [0.25, 0.3) is 5.91 Å². The highest BCUT2D eigenvalue weighted by Crippen LogP contribution is 2.21. The van der Waals surface area contributed by atoms with Crippen molar-refractivity contribution in [1.82, 2.24) is 0 Å². The van der Waals surface area contributed by atoms with Crippen molar-refractivity contribution in [2.24, 2.45) is 5.73 Å². The van der Waals surface area contributed by atoms with Crippen LogP contribution >= 0.6 is 22.6 Å². The molecule has 0 aliphatic heterocycles. The maximum absolute atomic E-state index is 10.8. The molecule has 0 radical (unpaired) electrons. The molecule has 0 saturated carbocycles. The third-order valence-corrected chi connectivity index (χ3v) is 2.39. The van der Waals surface area contributed by atoms with Gasteiger partial charge in [-0.15, -0.1) is 0 Å². The van der Waals surface area contributed by atoms with Crippen LogP contribution in [-0.2, 0) is 0 Å². The second-order valence-corrected chi connectivity index (χ2v) is 3.90. The molecule has 3 nitrogen and oxygen atoms in total. The Labute approximate surface area is 88.0 Å². The zero-order valence-corrected chi connectivity index (χ0v) is 8.74. The van der Waals surface area contributed by atoms with Crippen LogP contribution in [-0.4, -0.2) is 5.91 Å². The Bertz CT molecular complexity index is 475. The number of benzene rings is 1. The van der Waals surface area contributed by atoms with Gasteiger partial charge in [0.1, 0.15) is 5.58 Å². The summed E-state index contributed by atoms with van der Waals surface area (Å²) in [6, 6.07) is 7.33. The lowest BCUT2D eigenvalue weighted by Gasteiger charge is -1.87. The maximum atomic E-state index is 10.8. The van der Waals surface area contributed by atoms with Crippen LogP contribution in [0.3, 0.4) is 0 Å². The van der Waals surface area contributed by atoms with Crippen LogP contribution in [0, 0.1) is 3.57 Å². The minimum Gasteiger partial charge on any atom is -0.451 e. The van der Waals surface area contributed by atoms with Gasteiger partial charge in [-0.1, -0.05) is 0 Å². The molecule has 1 amide bonds. The Morgan fingerprint density at radius 1 is 1.38 bits per heavy atom. The van der Waals surface area contributed by atoms with Gasteiger partial charge in [-0.2, -0.15) is 0 Å². The fourth-order valence-electron chi connectivity index (χ4n) is 1.14. The summed E-state index contributed by atoms with van der Waals surface area (Å²) < 4.78 is 6.31. The van der Waals surface area contributed by atoms with Crippen molar-refractivity contribution >= 4 is 39.5 Å². The van der Waals surface area contributed by atoms with Crippen molar-refractivity contribution < 1.29 is 9.21 Å². The fraction of sp³-hybridized carbons (Fsp3) is 0. The monoisotopic (exact) mass is 287 g/mol. The highest BCUT2D eigenvalue weighted by molar-refractivity contribution is 14.1. The number of fused-ring (bicyclic) bond motifs is 1. The van der Waals surface area contributed by atoms with E-state index in [1.165, 1.54) is 0 Å². The quantitative estimate of drug-likeness (QED) is 0.817. The molecular weight excluding hydrogens is 281 g/mol. The Hall–Kier alpha value is -1.04.